The third-order valence-electron chi connectivity index (χ3n) is 5.16. The first-order valence-corrected chi connectivity index (χ1v) is 10.1. The van der Waals surface area contributed by atoms with Crippen LogP contribution in [0, 0.1) is 0 Å². The number of carbonyl (C=O) groups is 3. The van der Waals surface area contributed by atoms with Gasteiger partial charge in [0, 0.05) is 24.0 Å². The van der Waals surface area contributed by atoms with Crippen molar-refractivity contribution in [3.05, 3.63) is 29.3 Å². The predicted octanol–water partition coefficient (Wildman–Crippen LogP) is -2.13. The molecule has 0 aromatic heterocycles. The highest BCUT2D eigenvalue weighted by Crippen LogP contribution is 2.13. The van der Waals surface area contributed by atoms with Gasteiger partial charge in [-0.2, -0.15) is 0 Å². The molecule has 12 heteroatoms. The molecule has 2 atom stereocenters. The van der Waals surface area contributed by atoms with Gasteiger partial charge in [0.15, 0.2) is 0 Å². The van der Waals surface area contributed by atoms with Gasteiger partial charge in [0.2, 0.25) is 5.91 Å². The maximum absolute atomic E-state index is 12.8. The molecule has 2 rings (SSSR count). The normalized spacial score (nSPS) is 15.1. The maximum Gasteiger partial charge on any atom is 0.491 e. The molecular weight excluding hydrogens is 404 g/mol. The van der Waals surface area contributed by atoms with Gasteiger partial charge in [0.25, 0.3) is 5.91 Å². The zero-order valence-corrected chi connectivity index (χ0v) is 18.1. The van der Waals surface area contributed by atoms with E-state index < -0.39 is 43.6 Å². The van der Waals surface area contributed by atoms with E-state index in [4.69, 9.17) is 4.65 Å². The van der Waals surface area contributed by atoms with Crippen LogP contribution in [0.1, 0.15) is 50.0 Å². The minimum absolute atomic E-state index is 0.0833. The summed E-state index contributed by atoms with van der Waals surface area (Å²) in [5.74, 6) is -1.05. The fourth-order valence-corrected chi connectivity index (χ4v) is 3.09. The second kappa shape index (κ2) is 10.4. The average Bonchev–Trinajstić information content (AvgIpc) is 3.05. The van der Waals surface area contributed by atoms with Crippen LogP contribution in [0.2, 0.25) is 0 Å². The van der Waals surface area contributed by atoms with Crippen molar-refractivity contribution >= 4 is 37.3 Å². The topological polar surface area (TPSA) is 157 Å². The summed E-state index contributed by atoms with van der Waals surface area (Å²) in [7, 11) is -2.85. The Bertz CT molecular complexity index is 835. The van der Waals surface area contributed by atoms with E-state index in [0.717, 1.165) is 5.56 Å². The molecule has 1 aromatic rings. The van der Waals surface area contributed by atoms with Gasteiger partial charge >= 0.3 is 14.2 Å². The molecule has 0 unspecified atom stereocenters. The van der Waals surface area contributed by atoms with Crippen LogP contribution in [0.15, 0.2) is 18.2 Å². The van der Waals surface area contributed by atoms with Crippen molar-refractivity contribution < 1.29 is 34.1 Å². The minimum atomic E-state index is -1.76. The van der Waals surface area contributed by atoms with Crippen LogP contribution in [0.5, 0.6) is 0 Å². The molecule has 0 saturated heterocycles. The first kappa shape index (κ1) is 25.0. The Labute approximate surface area is 182 Å². The lowest BCUT2D eigenvalue weighted by Gasteiger charge is -2.34. The molecule has 0 saturated carbocycles. The second-order valence-electron chi connectivity index (χ2n) is 8.30. The molecule has 6 N–H and O–H groups in total. The van der Waals surface area contributed by atoms with Gasteiger partial charge in [-0.25, -0.2) is 0 Å². The Kier molecular flexibility index (Phi) is 8.38. The molecule has 1 aromatic carbocycles. The number of hydrogen-bond acceptors (Lipinski definition) is 8. The van der Waals surface area contributed by atoms with E-state index in [9.17, 15) is 29.5 Å². The van der Waals surface area contributed by atoms with Crippen molar-refractivity contribution in [3.8, 4) is 0 Å². The van der Waals surface area contributed by atoms with Crippen LogP contribution in [-0.4, -0.2) is 71.0 Å². The molecule has 0 fully saturated rings. The Balaban J connectivity index is 2.14. The first-order chi connectivity index (χ1) is 14.4. The van der Waals surface area contributed by atoms with Gasteiger partial charge in [0.1, 0.15) is 11.8 Å². The van der Waals surface area contributed by atoms with Crippen LogP contribution in [0.25, 0.3) is 0 Å². The highest BCUT2D eigenvalue weighted by molar-refractivity contribution is 6.61. The summed E-state index contributed by atoms with van der Waals surface area (Å²) in [6.45, 7) is 6.41. The summed E-state index contributed by atoms with van der Waals surface area (Å²) in [6.07, 6.45) is 0.157. The standard InChI is InChI=1S/C19H29B2N3O7/c1-11(25)7-8-22-18(27)16(24-19(3,4)21(29)30)12(2)23-17(26)13-5-6-14-10-31-20(28)15(14)9-13/h5-6,9,12,16,24,28-30H,7-8,10H2,1-4H3,(H,22,27)(H,23,26)/t12-,16-/m0/s1. The molecule has 1 aliphatic heterocycles. The van der Waals surface area contributed by atoms with E-state index in [1.54, 1.807) is 19.1 Å². The van der Waals surface area contributed by atoms with Crippen molar-refractivity contribution in [3.63, 3.8) is 0 Å². The Morgan fingerprint density at radius 3 is 2.58 bits per heavy atom. The molecule has 168 valence electrons. The molecule has 0 bridgehead atoms. The van der Waals surface area contributed by atoms with Crippen LogP contribution < -0.4 is 21.4 Å². The number of hydrogen-bond donors (Lipinski definition) is 6. The van der Waals surface area contributed by atoms with E-state index in [1.807, 2.05) is 0 Å². The quantitative estimate of drug-likeness (QED) is 0.229. The van der Waals surface area contributed by atoms with Gasteiger partial charge in [-0.1, -0.05) is 6.07 Å². The van der Waals surface area contributed by atoms with Crippen molar-refractivity contribution in [1.29, 1.82) is 0 Å². The molecular formula is C19H29B2N3O7. The Morgan fingerprint density at radius 2 is 1.97 bits per heavy atom. The van der Waals surface area contributed by atoms with E-state index in [2.05, 4.69) is 16.0 Å². The summed E-state index contributed by atoms with van der Waals surface area (Å²) in [5.41, 5.74) is 0.338. The first-order valence-electron chi connectivity index (χ1n) is 10.1. The molecule has 10 nitrogen and oxygen atoms in total. The highest BCUT2D eigenvalue weighted by atomic mass is 16.5. The van der Waals surface area contributed by atoms with Gasteiger partial charge < -0.3 is 35.7 Å². The largest absolute Gasteiger partial charge is 0.491 e. The lowest BCUT2D eigenvalue weighted by atomic mass is 9.67. The minimum Gasteiger partial charge on any atom is -0.426 e. The molecule has 0 aliphatic carbocycles. The summed E-state index contributed by atoms with van der Waals surface area (Å²) in [6, 6.07) is 3.05. The molecule has 0 spiro atoms. The Morgan fingerprint density at radius 1 is 1.29 bits per heavy atom. The van der Waals surface area contributed by atoms with Gasteiger partial charge in [-0.05, 0) is 50.9 Å². The summed E-state index contributed by atoms with van der Waals surface area (Å²) in [4.78, 5) is 36.6. The lowest BCUT2D eigenvalue weighted by molar-refractivity contribution is -0.124. The number of fused-ring (bicyclic) bond motifs is 1. The molecule has 1 heterocycles. The summed E-state index contributed by atoms with van der Waals surface area (Å²) < 4.78 is 5.13. The van der Waals surface area contributed by atoms with E-state index in [1.165, 1.54) is 26.8 Å². The monoisotopic (exact) mass is 433 g/mol. The van der Waals surface area contributed by atoms with Crippen LogP contribution in [0.3, 0.4) is 0 Å². The fourth-order valence-electron chi connectivity index (χ4n) is 3.09. The number of ketones is 1. The summed E-state index contributed by atoms with van der Waals surface area (Å²) >= 11 is 0. The number of carbonyl (C=O) groups excluding carboxylic acids is 3. The average molecular weight is 433 g/mol. The van der Waals surface area contributed by atoms with Crippen LogP contribution in [-0.2, 0) is 20.9 Å². The van der Waals surface area contributed by atoms with E-state index >= 15 is 0 Å². The third kappa shape index (κ3) is 6.62. The fraction of sp³-hybridized carbons (Fsp3) is 0.526. The molecule has 1 aliphatic rings. The SMILES string of the molecule is CC(=O)CCNC(=O)[C@@H](NC(C)(C)B(O)O)[C@H](C)NC(=O)c1ccc2c(c1)B(O)OC2. The van der Waals surface area contributed by atoms with Crippen LogP contribution in [0.4, 0.5) is 0 Å². The second-order valence-corrected chi connectivity index (χ2v) is 8.30. The number of rotatable bonds is 10. The van der Waals surface area contributed by atoms with Crippen molar-refractivity contribution in [1.82, 2.24) is 16.0 Å². The van der Waals surface area contributed by atoms with Gasteiger partial charge in [-0.3, -0.25) is 14.4 Å². The zero-order valence-electron chi connectivity index (χ0n) is 18.1. The smallest absolute Gasteiger partial charge is 0.426 e. The van der Waals surface area contributed by atoms with Gasteiger partial charge in [0.05, 0.1) is 12.6 Å². The maximum atomic E-state index is 12.8. The Hall–Kier alpha value is -2.24. The predicted molar refractivity (Wildman–Crippen MR) is 115 cm³/mol. The zero-order chi connectivity index (χ0) is 23.3. The number of amides is 2. The molecule has 2 amide bonds. The number of nitrogens with one attached hydrogen (secondary N) is 3. The number of benzene rings is 1. The van der Waals surface area contributed by atoms with E-state index in [0.29, 0.717) is 5.46 Å². The van der Waals surface area contributed by atoms with Crippen molar-refractivity contribution in [2.75, 3.05) is 6.54 Å². The number of Topliss-reactive ketones (excluding diaryl/α,β-unsaturated/α-hetero) is 1. The van der Waals surface area contributed by atoms with Gasteiger partial charge in [-0.15, -0.1) is 0 Å². The highest BCUT2D eigenvalue weighted by Gasteiger charge is 2.39. The van der Waals surface area contributed by atoms with Crippen LogP contribution >= 0.6 is 0 Å². The third-order valence-corrected chi connectivity index (χ3v) is 5.16. The molecule has 31 heavy (non-hydrogen) atoms. The summed E-state index contributed by atoms with van der Waals surface area (Å²) in [5, 5.41) is 37.3. The van der Waals surface area contributed by atoms with Crippen molar-refractivity contribution in [2.24, 2.45) is 0 Å². The van der Waals surface area contributed by atoms with E-state index in [-0.39, 0.29) is 30.9 Å². The lowest BCUT2D eigenvalue weighted by Crippen LogP contribution is -2.65. The molecule has 0 radical (unpaired) electrons. The van der Waals surface area contributed by atoms with Crippen molar-refractivity contribution in [2.45, 2.75) is 58.2 Å².